The Kier molecular flexibility index (Phi) is 5.44. The van der Waals surface area contributed by atoms with Crippen LogP contribution < -0.4 is 11.1 Å². The molecule has 2 aromatic heterocycles. The fraction of sp³-hybridized carbons (Fsp3) is 0.263. The van der Waals surface area contributed by atoms with Gasteiger partial charge in [-0.05, 0) is 38.1 Å². The topological polar surface area (TPSA) is 126 Å². The fourth-order valence-electron chi connectivity index (χ4n) is 2.85. The number of hydrogen-bond donors (Lipinski definition) is 3. The lowest BCUT2D eigenvalue weighted by atomic mass is 10.1. The summed E-state index contributed by atoms with van der Waals surface area (Å²) < 4.78 is 1.69. The molecule has 0 fully saturated rings. The number of primary amides is 1. The van der Waals surface area contributed by atoms with Gasteiger partial charge in [-0.15, -0.1) is 5.10 Å². The van der Waals surface area contributed by atoms with Crippen LogP contribution in [0.4, 0.5) is 10.6 Å². The minimum atomic E-state index is -0.948. The van der Waals surface area contributed by atoms with Crippen molar-refractivity contribution in [1.29, 1.82) is 0 Å². The maximum Gasteiger partial charge on any atom is 0.407 e. The van der Waals surface area contributed by atoms with Gasteiger partial charge in [0, 0.05) is 30.3 Å². The largest absolute Gasteiger partial charge is 0.465 e. The number of carboxylic acid groups (broad SMARTS) is 1. The Balaban J connectivity index is 1.78. The molecule has 3 aromatic rings. The average Bonchev–Trinajstić information content (AvgIpc) is 3.08. The van der Waals surface area contributed by atoms with Crippen LogP contribution in [0, 0.1) is 0 Å². The van der Waals surface area contributed by atoms with Gasteiger partial charge in [-0.2, -0.15) is 0 Å². The predicted octanol–water partition coefficient (Wildman–Crippen LogP) is 2.30. The number of amides is 2. The second kappa shape index (κ2) is 7.95. The van der Waals surface area contributed by atoms with Crippen molar-refractivity contribution in [2.75, 3.05) is 18.4 Å². The summed E-state index contributed by atoms with van der Waals surface area (Å²) in [6.07, 6.45) is 0.757. The second-order valence-electron chi connectivity index (χ2n) is 6.57. The first-order chi connectivity index (χ1) is 13.4. The van der Waals surface area contributed by atoms with E-state index in [1.54, 1.807) is 41.0 Å². The molecule has 0 atom stereocenters. The van der Waals surface area contributed by atoms with Crippen molar-refractivity contribution >= 4 is 23.5 Å². The van der Waals surface area contributed by atoms with Gasteiger partial charge in [-0.1, -0.05) is 12.1 Å². The van der Waals surface area contributed by atoms with Gasteiger partial charge in [-0.25, -0.2) is 14.3 Å². The summed E-state index contributed by atoms with van der Waals surface area (Å²) in [6.45, 7) is 4.44. The highest BCUT2D eigenvalue weighted by Gasteiger charge is 2.15. The standard InChI is InChI=1S/C19H22N6O3/c1-12(2)24(19(27)28)10-9-21-16-7-8-17-22-11-15(25(17)23-16)13-3-5-14(6-4-13)18(20)26/h3-8,11-12H,9-10H2,1-2H3,(H2,20,26)(H,21,23)(H,27,28). The van der Waals surface area contributed by atoms with Crippen molar-refractivity contribution in [3.05, 3.63) is 48.2 Å². The minimum absolute atomic E-state index is 0.0987. The Morgan fingerprint density at radius 2 is 1.93 bits per heavy atom. The molecule has 0 aliphatic rings. The maximum atomic E-state index is 11.2. The van der Waals surface area contributed by atoms with Gasteiger partial charge in [0.25, 0.3) is 0 Å². The van der Waals surface area contributed by atoms with Crippen LogP contribution in [-0.2, 0) is 0 Å². The number of imidazole rings is 1. The molecule has 3 rings (SSSR count). The highest BCUT2D eigenvalue weighted by Crippen LogP contribution is 2.21. The summed E-state index contributed by atoms with van der Waals surface area (Å²) in [6, 6.07) is 10.4. The molecule has 9 heteroatoms. The highest BCUT2D eigenvalue weighted by molar-refractivity contribution is 5.93. The van der Waals surface area contributed by atoms with E-state index in [1.165, 1.54) is 4.90 Å². The molecular formula is C19H22N6O3. The number of aromatic nitrogens is 3. The molecule has 2 heterocycles. The molecule has 1 aromatic carbocycles. The molecule has 0 saturated heterocycles. The molecule has 0 aliphatic carbocycles. The molecule has 9 nitrogen and oxygen atoms in total. The zero-order valence-electron chi connectivity index (χ0n) is 15.7. The molecule has 0 aliphatic heterocycles. The number of carbonyl (C=O) groups is 2. The first-order valence-corrected chi connectivity index (χ1v) is 8.85. The average molecular weight is 382 g/mol. The van der Waals surface area contributed by atoms with E-state index in [4.69, 9.17) is 5.73 Å². The van der Waals surface area contributed by atoms with Crippen molar-refractivity contribution in [3.63, 3.8) is 0 Å². The first-order valence-electron chi connectivity index (χ1n) is 8.85. The number of rotatable bonds is 7. The Morgan fingerprint density at radius 3 is 2.54 bits per heavy atom. The van der Waals surface area contributed by atoms with Gasteiger partial charge in [0.1, 0.15) is 5.82 Å². The smallest absolute Gasteiger partial charge is 0.407 e. The molecule has 2 amide bonds. The van der Waals surface area contributed by atoms with Crippen molar-refractivity contribution in [1.82, 2.24) is 19.5 Å². The zero-order valence-corrected chi connectivity index (χ0v) is 15.7. The van der Waals surface area contributed by atoms with Crippen molar-refractivity contribution < 1.29 is 14.7 Å². The third-order valence-corrected chi connectivity index (χ3v) is 4.36. The van der Waals surface area contributed by atoms with Crippen molar-refractivity contribution in [3.8, 4) is 11.3 Å². The molecule has 0 unspecified atom stereocenters. The highest BCUT2D eigenvalue weighted by atomic mass is 16.4. The Labute approximate surface area is 161 Å². The van der Waals surface area contributed by atoms with Crippen LogP contribution in [0.2, 0.25) is 0 Å². The SMILES string of the molecule is CC(C)N(CCNc1ccc2ncc(-c3ccc(C(N)=O)cc3)n2n1)C(=O)O. The number of benzene rings is 1. The normalized spacial score (nSPS) is 11.0. The minimum Gasteiger partial charge on any atom is -0.465 e. The molecule has 4 N–H and O–H groups in total. The molecular weight excluding hydrogens is 360 g/mol. The predicted molar refractivity (Wildman–Crippen MR) is 105 cm³/mol. The van der Waals surface area contributed by atoms with Crippen molar-refractivity contribution in [2.24, 2.45) is 5.73 Å². The summed E-state index contributed by atoms with van der Waals surface area (Å²) in [5, 5.41) is 16.9. The van der Waals surface area contributed by atoms with E-state index in [2.05, 4.69) is 15.4 Å². The number of carbonyl (C=O) groups excluding carboxylic acids is 1. The lowest BCUT2D eigenvalue weighted by molar-refractivity contribution is 0.1000. The lowest BCUT2D eigenvalue weighted by Crippen LogP contribution is -2.39. The van der Waals surface area contributed by atoms with Crippen LogP contribution in [0.1, 0.15) is 24.2 Å². The first kappa shape index (κ1) is 19.2. The summed E-state index contributed by atoms with van der Waals surface area (Å²) >= 11 is 0. The molecule has 0 saturated carbocycles. The molecule has 0 spiro atoms. The Hall–Kier alpha value is -3.62. The zero-order chi connectivity index (χ0) is 20.3. The van der Waals surface area contributed by atoms with Gasteiger partial charge >= 0.3 is 6.09 Å². The molecule has 146 valence electrons. The maximum absolute atomic E-state index is 11.2. The van der Waals surface area contributed by atoms with Gasteiger partial charge in [-0.3, -0.25) is 4.79 Å². The van der Waals surface area contributed by atoms with Crippen LogP contribution >= 0.6 is 0 Å². The Bertz CT molecular complexity index is 997. The number of hydrogen-bond acceptors (Lipinski definition) is 5. The summed E-state index contributed by atoms with van der Waals surface area (Å²) in [4.78, 5) is 28.2. The van der Waals surface area contributed by atoms with E-state index in [0.29, 0.717) is 30.1 Å². The molecule has 0 bridgehead atoms. The van der Waals surface area contributed by atoms with Gasteiger partial charge in [0.2, 0.25) is 5.91 Å². The molecule has 28 heavy (non-hydrogen) atoms. The van der Waals surface area contributed by atoms with Gasteiger partial charge in [0.15, 0.2) is 5.65 Å². The van der Waals surface area contributed by atoms with Crippen LogP contribution in [0.25, 0.3) is 16.9 Å². The summed E-state index contributed by atoms with van der Waals surface area (Å²) in [7, 11) is 0. The van der Waals surface area contributed by atoms with E-state index in [-0.39, 0.29) is 6.04 Å². The van der Waals surface area contributed by atoms with Crippen LogP contribution in [0.15, 0.2) is 42.6 Å². The number of anilines is 1. The van der Waals surface area contributed by atoms with E-state index in [1.807, 2.05) is 19.9 Å². The van der Waals surface area contributed by atoms with E-state index in [0.717, 1.165) is 11.3 Å². The monoisotopic (exact) mass is 382 g/mol. The van der Waals surface area contributed by atoms with Crippen LogP contribution in [0.5, 0.6) is 0 Å². The van der Waals surface area contributed by atoms with Gasteiger partial charge in [0.05, 0.1) is 11.9 Å². The Morgan fingerprint density at radius 1 is 1.21 bits per heavy atom. The number of nitrogens with two attached hydrogens (primary N) is 1. The van der Waals surface area contributed by atoms with Crippen LogP contribution in [0.3, 0.4) is 0 Å². The summed E-state index contributed by atoms with van der Waals surface area (Å²) in [5.74, 6) is 0.126. The fourth-order valence-corrected chi connectivity index (χ4v) is 2.85. The van der Waals surface area contributed by atoms with Gasteiger partial charge < -0.3 is 21.1 Å². The van der Waals surface area contributed by atoms with E-state index < -0.39 is 12.0 Å². The van der Waals surface area contributed by atoms with E-state index in [9.17, 15) is 14.7 Å². The summed E-state index contributed by atoms with van der Waals surface area (Å²) in [5.41, 5.74) is 8.00. The van der Waals surface area contributed by atoms with E-state index >= 15 is 0 Å². The molecule has 0 radical (unpaired) electrons. The number of fused-ring (bicyclic) bond motifs is 1. The third-order valence-electron chi connectivity index (χ3n) is 4.36. The van der Waals surface area contributed by atoms with Crippen LogP contribution in [-0.4, -0.2) is 55.7 Å². The second-order valence-corrected chi connectivity index (χ2v) is 6.57. The lowest BCUT2D eigenvalue weighted by Gasteiger charge is -2.23. The van der Waals surface area contributed by atoms with Crippen molar-refractivity contribution in [2.45, 2.75) is 19.9 Å². The number of nitrogens with zero attached hydrogens (tertiary/aromatic N) is 4. The number of nitrogens with one attached hydrogen (secondary N) is 1. The quantitative estimate of drug-likeness (QED) is 0.576. The third kappa shape index (κ3) is 4.03.